The predicted molar refractivity (Wildman–Crippen MR) is 122 cm³/mol. The second-order valence-corrected chi connectivity index (χ2v) is 9.10. The summed E-state index contributed by atoms with van der Waals surface area (Å²) in [6.07, 6.45) is 7.51. The molecule has 9 heteroatoms. The average Bonchev–Trinajstić information content (AvgIpc) is 3.44. The fraction of sp³-hybridized carbons (Fsp3) is 0.478. The summed E-state index contributed by atoms with van der Waals surface area (Å²) in [4.78, 5) is 26.5. The molecule has 0 saturated heterocycles. The molecule has 0 amide bonds. The van der Waals surface area contributed by atoms with Gasteiger partial charge < -0.3 is 15.6 Å². The normalized spacial score (nSPS) is 23.1. The van der Waals surface area contributed by atoms with E-state index in [4.69, 9.17) is 10.1 Å². The average molecular weight is 433 g/mol. The largest absolute Gasteiger partial charge is 0.367 e. The van der Waals surface area contributed by atoms with Crippen molar-refractivity contribution in [2.75, 3.05) is 17.2 Å². The number of hydrogen-bond donors (Lipinski definition) is 3. The zero-order valence-corrected chi connectivity index (χ0v) is 18.0. The fourth-order valence-electron chi connectivity index (χ4n) is 4.93. The molecule has 0 unspecified atom stereocenters. The molecule has 2 aliphatic carbocycles. The van der Waals surface area contributed by atoms with Crippen molar-refractivity contribution < 1.29 is 0 Å². The molecule has 9 nitrogen and oxygen atoms in total. The second kappa shape index (κ2) is 8.05. The van der Waals surface area contributed by atoms with Crippen LogP contribution in [0.2, 0.25) is 0 Å². The second-order valence-electron chi connectivity index (χ2n) is 9.10. The van der Waals surface area contributed by atoms with Gasteiger partial charge in [-0.05, 0) is 50.3 Å². The Labute approximate surface area is 186 Å². The number of fused-ring (bicyclic) bond motifs is 1. The van der Waals surface area contributed by atoms with Crippen LogP contribution in [0, 0.1) is 0 Å². The van der Waals surface area contributed by atoms with Crippen LogP contribution in [-0.4, -0.2) is 54.3 Å². The zero-order chi connectivity index (χ0) is 21.5. The number of aromatic amines is 1. The van der Waals surface area contributed by atoms with Crippen molar-refractivity contribution in [3.05, 3.63) is 52.7 Å². The molecule has 32 heavy (non-hydrogen) atoms. The van der Waals surface area contributed by atoms with Crippen LogP contribution in [0.15, 0.2) is 41.3 Å². The Morgan fingerprint density at radius 1 is 1.00 bits per heavy atom. The molecule has 2 saturated carbocycles. The van der Waals surface area contributed by atoms with Gasteiger partial charge in [-0.15, -0.1) is 5.10 Å². The maximum atomic E-state index is 11.7. The Bertz CT molecular complexity index is 1170. The van der Waals surface area contributed by atoms with Crippen molar-refractivity contribution in [3.8, 4) is 11.3 Å². The summed E-state index contributed by atoms with van der Waals surface area (Å²) < 4.78 is 2.06. The highest BCUT2D eigenvalue weighted by molar-refractivity contribution is 5.72. The third-order valence-electron chi connectivity index (χ3n) is 6.73. The third-order valence-corrected chi connectivity index (χ3v) is 6.73. The molecule has 2 atom stereocenters. The minimum Gasteiger partial charge on any atom is -0.367 e. The molecule has 1 aliphatic heterocycles. The molecule has 3 aromatic rings. The minimum absolute atomic E-state index is 0.113. The van der Waals surface area contributed by atoms with Crippen molar-refractivity contribution in [3.63, 3.8) is 0 Å². The molecule has 166 valence electrons. The monoisotopic (exact) mass is 432 g/mol. The maximum absolute atomic E-state index is 11.7. The lowest BCUT2D eigenvalue weighted by Gasteiger charge is -2.25. The molecule has 0 bridgehead atoms. The van der Waals surface area contributed by atoms with Crippen molar-refractivity contribution >= 4 is 11.8 Å². The molecule has 4 heterocycles. The van der Waals surface area contributed by atoms with E-state index in [1.165, 1.54) is 18.9 Å². The first kappa shape index (κ1) is 19.5. The van der Waals surface area contributed by atoms with Crippen molar-refractivity contribution in [1.29, 1.82) is 0 Å². The topological polar surface area (TPSA) is 104 Å². The standard InChI is InChI=1S/C23H28N8O/c32-21-5-1-4-19(27-21)18-3-2-10-24-22(18)25-15-6-7-16(13-15)26-23-28-20-14-30(17-8-9-17)11-12-31(20)29-23/h1-5,10,15-17H,6-9,11-14H2,(H,24,25)(H,26,29)(H,27,32)/t15-,16-/m0/s1. The third kappa shape index (κ3) is 4.00. The highest BCUT2D eigenvalue weighted by Gasteiger charge is 2.33. The molecule has 0 aromatic carbocycles. The van der Waals surface area contributed by atoms with E-state index in [1.54, 1.807) is 12.3 Å². The first-order chi connectivity index (χ1) is 15.7. The molecule has 2 fully saturated rings. The number of aromatic nitrogens is 5. The van der Waals surface area contributed by atoms with Crippen LogP contribution in [0.5, 0.6) is 0 Å². The summed E-state index contributed by atoms with van der Waals surface area (Å²) in [6.45, 7) is 2.92. The quantitative estimate of drug-likeness (QED) is 0.550. The molecule has 6 rings (SSSR count). The van der Waals surface area contributed by atoms with Gasteiger partial charge in [-0.2, -0.15) is 4.98 Å². The van der Waals surface area contributed by atoms with Gasteiger partial charge in [0.05, 0.1) is 18.8 Å². The van der Waals surface area contributed by atoms with E-state index in [0.717, 1.165) is 73.8 Å². The van der Waals surface area contributed by atoms with Gasteiger partial charge in [-0.25, -0.2) is 9.67 Å². The Morgan fingerprint density at radius 3 is 2.72 bits per heavy atom. The van der Waals surface area contributed by atoms with Gasteiger partial charge in [-0.3, -0.25) is 9.69 Å². The Hall–Kier alpha value is -3.20. The van der Waals surface area contributed by atoms with Crippen LogP contribution in [0.4, 0.5) is 11.8 Å². The summed E-state index contributed by atoms with van der Waals surface area (Å²) in [7, 11) is 0. The van der Waals surface area contributed by atoms with E-state index in [-0.39, 0.29) is 5.56 Å². The van der Waals surface area contributed by atoms with E-state index in [2.05, 4.69) is 30.2 Å². The molecule has 0 spiro atoms. The predicted octanol–water partition coefficient (Wildman–Crippen LogP) is 2.45. The van der Waals surface area contributed by atoms with Gasteiger partial charge in [-0.1, -0.05) is 6.07 Å². The number of H-pyrrole nitrogens is 1. The smallest absolute Gasteiger partial charge is 0.248 e. The minimum atomic E-state index is -0.113. The van der Waals surface area contributed by atoms with E-state index in [0.29, 0.717) is 12.1 Å². The first-order valence-electron chi connectivity index (χ1n) is 11.6. The van der Waals surface area contributed by atoms with E-state index >= 15 is 0 Å². The number of rotatable bonds is 6. The van der Waals surface area contributed by atoms with Crippen molar-refractivity contribution in [2.24, 2.45) is 0 Å². The van der Waals surface area contributed by atoms with E-state index < -0.39 is 0 Å². The van der Waals surface area contributed by atoms with Gasteiger partial charge in [0.15, 0.2) is 0 Å². The number of anilines is 2. The highest BCUT2D eigenvalue weighted by Crippen LogP contribution is 2.31. The van der Waals surface area contributed by atoms with Crippen LogP contribution in [0.1, 0.15) is 37.9 Å². The molecule has 3 N–H and O–H groups in total. The van der Waals surface area contributed by atoms with Crippen LogP contribution >= 0.6 is 0 Å². The molecular formula is C23H28N8O. The number of nitrogens with zero attached hydrogens (tertiary/aromatic N) is 5. The number of nitrogens with one attached hydrogen (secondary N) is 3. The first-order valence-corrected chi connectivity index (χ1v) is 11.6. The molecule has 3 aromatic heterocycles. The lowest BCUT2D eigenvalue weighted by atomic mass is 10.1. The van der Waals surface area contributed by atoms with Gasteiger partial charge in [0.25, 0.3) is 0 Å². The lowest BCUT2D eigenvalue weighted by Crippen LogP contribution is -2.35. The Morgan fingerprint density at radius 2 is 1.88 bits per heavy atom. The van der Waals surface area contributed by atoms with Crippen LogP contribution in [-0.2, 0) is 13.1 Å². The molecular weight excluding hydrogens is 404 g/mol. The zero-order valence-electron chi connectivity index (χ0n) is 18.0. The van der Waals surface area contributed by atoms with Crippen LogP contribution in [0.3, 0.4) is 0 Å². The maximum Gasteiger partial charge on any atom is 0.248 e. The van der Waals surface area contributed by atoms with Gasteiger partial charge in [0.1, 0.15) is 11.6 Å². The van der Waals surface area contributed by atoms with Crippen molar-refractivity contribution in [1.82, 2.24) is 29.6 Å². The van der Waals surface area contributed by atoms with E-state index in [9.17, 15) is 4.79 Å². The summed E-state index contributed by atoms with van der Waals surface area (Å²) in [5.74, 6) is 2.63. The summed E-state index contributed by atoms with van der Waals surface area (Å²) in [6, 6.07) is 10.5. The van der Waals surface area contributed by atoms with Gasteiger partial charge >= 0.3 is 0 Å². The van der Waals surface area contributed by atoms with Crippen LogP contribution in [0.25, 0.3) is 11.3 Å². The highest BCUT2D eigenvalue weighted by atomic mass is 16.1. The Kier molecular flexibility index (Phi) is 4.90. The SMILES string of the molecule is O=c1cccc(-c2cccnc2N[C@H]2CC[C@H](Nc3nc4n(n3)CCN(C3CC3)C4)C2)[nH]1. The summed E-state index contributed by atoms with van der Waals surface area (Å²) in [5, 5.41) is 11.9. The molecule has 0 radical (unpaired) electrons. The van der Waals surface area contributed by atoms with Crippen molar-refractivity contribution in [2.45, 2.75) is 63.3 Å². The van der Waals surface area contributed by atoms with Crippen LogP contribution < -0.4 is 16.2 Å². The Balaban J connectivity index is 1.10. The molecule has 3 aliphatic rings. The fourth-order valence-corrected chi connectivity index (χ4v) is 4.93. The number of pyridine rings is 2. The number of hydrogen-bond acceptors (Lipinski definition) is 7. The summed E-state index contributed by atoms with van der Waals surface area (Å²) in [5.41, 5.74) is 1.57. The van der Waals surface area contributed by atoms with E-state index in [1.807, 2.05) is 18.2 Å². The van der Waals surface area contributed by atoms with Gasteiger partial charge in [0.2, 0.25) is 11.5 Å². The summed E-state index contributed by atoms with van der Waals surface area (Å²) >= 11 is 0. The van der Waals surface area contributed by atoms with Gasteiger partial charge in [0, 0.05) is 42.5 Å². The lowest BCUT2D eigenvalue weighted by molar-refractivity contribution is 0.200.